The van der Waals surface area contributed by atoms with Crippen LogP contribution in [0.15, 0.2) is 40.9 Å². The van der Waals surface area contributed by atoms with Crippen LogP contribution in [-0.4, -0.2) is 5.91 Å². The van der Waals surface area contributed by atoms with E-state index in [9.17, 15) is 4.79 Å². The summed E-state index contributed by atoms with van der Waals surface area (Å²) >= 11 is 5.65. The average molecular weight is 457 g/mol. The number of nitrogens with two attached hydrogens (primary N) is 1. The molecule has 1 aliphatic rings. The summed E-state index contributed by atoms with van der Waals surface area (Å²) in [6, 6.07) is 11.7. The van der Waals surface area contributed by atoms with Gasteiger partial charge in [-0.15, -0.1) is 0 Å². The molecule has 0 spiro atoms. The molecule has 0 fully saturated rings. The van der Waals surface area contributed by atoms with Crippen molar-refractivity contribution in [1.29, 1.82) is 0 Å². The lowest BCUT2D eigenvalue weighted by Gasteiger charge is -2.15. The van der Waals surface area contributed by atoms with Crippen molar-refractivity contribution < 1.29 is 4.79 Å². The standard InChI is InChI=1S/C16H14BrIN2O/c17-14-5-2-10(18)8-13(14)16(21)20-15-6-1-9-7-11(19)3-4-12(9)15/h2-5,7-8,15H,1,6,19H2,(H,20,21). The number of carbonyl (C=O) groups excluding carboxylic acids is 1. The van der Waals surface area contributed by atoms with Crippen LogP contribution in [0.5, 0.6) is 0 Å². The van der Waals surface area contributed by atoms with Crippen molar-refractivity contribution in [3.05, 3.63) is 61.1 Å². The van der Waals surface area contributed by atoms with Gasteiger partial charge in [-0.2, -0.15) is 0 Å². The number of carbonyl (C=O) groups is 1. The Bertz CT molecular complexity index is 717. The van der Waals surface area contributed by atoms with E-state index in [1.807, 2.05) is 36.4 Å². The van der Waals surface area contributed by atoms with E-state index in [-0.39, 0.29) is 11.9 Å². The minimum absolute atomic E-state index is 0.0462. The van der Waals surface area contributed by atoms with Gasteiger partial charge < -0.3 is 11.1 Å². The van der Waals surface area contributed by atoms with Gasteiger partial charge in [0.2, 0.25) is 0 Å². The van der Waals surface area contributed by atoms with Crippen LogP contribution in [0.1, 0.15) is 33.9 Å². The van der Waals surface area contributed by atoms with Gasteiger partial charge in [-0.3, -0.25) is 4.79 Å². The van der Waals surface area contributed by atoms with E-state index in [0.29, 0.717) is 5.56 Å². The fourth-order valence-electron chi connectivity index (χ4n) is 2.69. The van der Waals surface area contributed by atoms with E-state index >= 15 is 0 Å². The summed E-state index contributed by atoms with van der Waals surface area (Å²) in [7, 11) is 0. The number of amides is 1. The number of halogens is 2. The maximum absolute atomic E-state index is 12.5. The van der Waals surface area contributed by atoms with Crippen LogP contribution in [0.4, 0.5) is 5.69 Å². The molecule has 108 valence electrons. The first kappa shape index (κ1) is 14.8. The zero-order chi connectivity index (χ0) is 15.0. The van der Waals surface area contributed by atoms with E-state index in [1.165, 1.54) is 11.1 Å². The molecule has 21 heavy (non-hydrogen) atoms. The number of nitrogen functional groups attached to an aromatic ring is 1. The van der Waals surface area contributed by atoms with Crippen LogP contribution < -0.4 is 11.1 Å². The van der Waals surface area contributed by atoms with E-state index in [0.717, 1.165) is 26.6 Å². The Morgan fingerprint density at radius 2 is 2.10 bits per heavy atom. The first-order valence-corrected chi connectivity index (χ1v) is 8.56. The topological polar surface area (TPSA) is 55.1 Å². The molecule has 0 bridgehead atoms. The molecular weight excluding hydrogens is 443 g/mol. The minimum Gasteiger partial charge on any atom is -0.399 e. The van der Waals surface area contributed by atoms with E-state index in [1.54, 1.807) is 0 Å². The van der Waals surface area contributed by atoms with Gasteiger partial charge in [-0.25, -0.2) is 0 Å². The lowest BCUT2D eigenvalue weighted by molar-refractivity contribution is 0.0936. The van der Waals surface area contributed by atoms with E-state index in [4.69, 9.17) is 5.73 Å². The lowest BCUT2D eigenvalue weighted by Crippen LogP contribution is -2.27. The van der Waals surface area contributed by atoms with Crippen LogP contribution >= 0.6 is 38.5 Å². The van der Waals surface area contributed by atoms with Crippen molar-refractivity contribution in [1.82, 2.24) is 5.32 Å². The van der Waals surface area contributed by atoms with Gasteiger partial charge in [0, 0.05) is 13.7 Å². The second kappa shape index (κ2) is 5.96. The summed E-state index contributed by atoms with van der Waals surface area (Å²) in [5, 5.41) is 3.13. The van der Waals surface area contributed by atoms with Gasteiger partial charge in [-0.05, 0) is 92.8 Å². The zero-order valence-corrected chi connectivity index (χ0v) is 14.9. The highest BCUT2D eigenvalue weighted by Gasteiger charge is 2.25. The zero-order valence-electron chi connectivity index (χ0n) is 11.2. The van der Waals surface area contributed by atoms with Crippen molar-refractivity contribution in [3.63, 3.8) is 0 Å². The molecule has 0 aliphatic heterocycles. The van der Waals surface area contributed by atoms with Gasteiger partial charge in [0.25, 0.3) is 5.91 Å². The summed E-state index contributed by atoms with van der Waals surface area (Å²) in [6.07, 6.45) is 1.88. The van der Waals surface area contributed by atoms with Crippen LogP contribution in [0.25, 0.3) is 0 Å². The normalized spacial score (nSPS) is 16.6. The third-order valence-corrected chi connectivity index (χ3v) is 5.09. The van der Waals surface area contributed by atoms with Gasteiger partial charge >= 0.3 is 0 Å². The summed E-state index contributed by atoms with van der Waals surface area (Å²) in [4.78, 5) is 12.5. The van der Waals surface area contributed by atoms with Crippen LogP contribution in [-0.2, 0) is 6.42 Å². The molecule has 0 heterocycles. The Labute approximate surface area is 145 Å². The predicted molar refractivity (Wildman–Crippen MR) is 96.2 cm³/mol. The number of benzene rings is 2. The third-order valence-electron chi connectivity index (χ3n) is 3.72. The molecule has 5 heteroatoms. The second-order valence-electron chi connectivity index (χ2n) is 5.15. The molecule has 0 aromatic heterocycles. The maximum Gasteiger partial charge on any atom is 0.252 e. The fourth-order valence-corrected chi connectivity index (χ4v) is 3.61. The number of hydrogen-bond donors (Lipinski definition) is 2. The van der Waals surface area contributed by atoms with Gasteiger partial charge in [0.1, 0.15) is 0 Å². The van der Waals surface area contributed by atoms with E-state index < -0.39 is 0 Å². The number of nitrogens with one attached hydrogen (secondary N) is 1. The maximum atomic E-state index is 12.5. The van der Waals surface area contributed by atoms with Crippen molar-refractivity contribution in [2.45, 2.75) is 18.9 Å². The van der Waals surface area contributed by atoms with Crippen LogP contribution in [0.3, 0.4) is 0 Å². The van der Waals surface area contributed by atoms with Crippen molar-refractivity contribution in [2.24, 2.45) is 0 Å². The van der Waals surface area contributed by atoms with Crippen molar-refractivity contribution in [3.8, 4) is 0 Å². The monoisotopic (exact) mass is 456 g/mol. The molecule has 0 saturated carbocycles. The average Bonchev–Trinajstić information content (AvgIpc) is 2.83. The highest BCUT2D eigenvalue weighted by molar-refractivity contribution is 14.1. The van der Waals surface area contributed by atoms with Crippen molar-refractivity contribution in [2.75, 3.05) is 5.73 Å². The van der Waals surface area contributed by atoms with E-state index in [2.05, 4.69) is 43.8 Å². The molecule has 1 aliphatic carbocycles. The SMILES string of the molecule is Nc1ccc2c(c1)CCC2NC(=O)c1cc(I)ccc1Br. The van der Waals surface area contributed by atoms with Gasteiger partial charge in [-0.1, -0.05) is 6.07 Å². The highest BCUT2D eigenvalue weighted by atomic mass is 127. The highest BCUT2D eigenvalue weighted by Crippen LogP contribution is 2.33. The molecule has 2 aromatic rings. The van der Waals surface area contributed by atoms with Gasteiger partial charge in [0.05, 0.1) is 11.6 Å². The first-order valence-electron chi connectivity index (χ1n) is 6.69. The number of fused-ring (bicyclic) bond motifs is 1. The number of anilines is 1. The molecule has 1 unspecified atom stereocenters. The Balaban J connectivity index is 1.82. The Hall–Kier alpha value is -1.08. The molecule has 0 radical (unpaired) electrons. The molecule has 1 amide bonds. The summed E-state index contributed by atoms with van der Waals surface area (Å²) in [5.74, 6) is -0.0462. The third kappa shape index (κ3) is 3.08. The Morgan fingerprint density at radius 1 is 1.29 bits per heavy atom. The number of aryl methyl sites for hydroxylation is 1. The molecule has 3 rings (SSSR count). The molecule has 3 N–H and O–H groups in total. The quantitative estimate of drug-likeness (QED) is 0.529. The first-order chi connectivity index (χ1) is 10.0. The smallest absolute Gasteiger partial charge is 0.252 e. The van der Waals surface area contributed by atoms with Crippen LogP contribution in [0, 0.1) is 3.57 Å². The predicted octanol–water partition coefficient (Wildman–Crippen LogP) is 4.05. The largest absolute Gasteiger partial charge is 0.399 e. The molecule has 2 aromatic carbocycles. The van der Waals surface area contributed by atoms with Gasteiger partial charge in [0.15, 0.2) is 0 Å². The second-order valence-corrected chi connectivity index (χ2v) is 7.25. The minimum atomic E-state index is -0.0462. The number of rotatable bonds is 2. The molecule has 0 saturated heterocycles. The molecule has 1 atom stereocenters. The van der Waals surface area contributed by atoms with Crippen LogP contribution in [0.2, 0.25) is 0 Å². The Morgan fingerprint density at radius 3 is 2.90 bits per heavy atom. The Kier molecular flexibility index (Phi) is 4.21. The fraction of sp³-hybridized carbons (Fsp3) is 0.188. The van der Waals surface area contributed by atoms with Crippen molar-refractivity contribution >= 4 is 50.1 Å². The summed E-state index contributed by atoms with van der Waals surface area (Å²) in [6.45, 7) is 0. The molecule has 3 nitrogen and oxygen atoms in total. The summed E-state index contributed by atoms with van der Waals surface area (Å²) < 4.78 is 1.86. The number of hydrogen-bond acceptors (Lipinski definition) is 2. The molecular formula is C16H14BrIN2O. The summed E-state index contributed by atoms with van der Waals surface area (Å²) in [5.41, 5.74) is 9.68. The lowest BCUT2D eigenvalue weighted by atomic mass is 10.1.